The second-order valence-corrected chi connectivity index (χ2v) is 5.32. The van der Waals surface area contributed by atoms with Gasteiger partial charge in [0.05, 0.1) is 0 Å². The second-order valence-electron chi connectivity index (χ2n) is 3.55. The first-order valence-corrected chi connectivity index (χ1v) is 6.48. The third-order valence-electron chi connectivity index (χ3n) is 2.51. The molecule has 0 saturated heterocycles. The summed E-state index contributed by atoms with van der Waals surface area (Å²) in [5, 5.41) is 4.99. The third kappa shape index (κ3) is 2.17. The first-order chi connectivity index (χ1) is 6.77. The Labute approximate surface area is 95.8 Å². The number of hydrogen-bond donors (Lipinski definition) is 1. The molecule has 0 radical (unpaired) electrons. The van der Waals surface area contributed by atoms with Crippen molar-refractivity contribution in [2.75, 3.05) is 0 Å². The highest BCUT2D eigenvalue weighted by molar-refractivity contribution is 9.10. The summed E-state index contributed by atoms with van der Waals surface area (Å²) in [7, 11) is 0. The highest BCUT2D eigenvalue weighted by Crippen LogP contribution is 2.24. The van der Waals surface area contributed by atoms with Crippen molar-refractivity contribution in [2.24, 2.45) is 0 Å². The Morgan fingerprint density at radius 1 is 1.50 bits per heavy atom. The van der Waals surface area contributed by atoms with Crippen LogP contribution in [0.3, 0.4) is 0 Å². The van der Waals surface area contributed by atoms with Gasteiger partial charge in [-0.2, -0.15) is 0 Å². The number of rotatable bonds is 2. The number of thiophene rings is 1. The topological polar surface area (TPSA) is 29.1 Å². The molecule has 76 valence electrons. The van der Waals surface area contributed by atoms with Gasteiger partial charge in [0.1, 0.15) is 4.88 Å². The van der Waals surface area contributed by atoms with Crippen LogP contribution in [0.4, 0.5) is 0 Å². The summed E-state index contributed by atoms with van der Waals surface area (Å²) in [6.45, 7) is 0. The Kier molecular flexibility index (Phi) is 3.23. The minimum atomic E-state index is 0.0683. The van der Waals surface area contributed by atoms with Crippen LogP contribution in [0, 0.1) is 0 Å². The smallest absolute Gasteiger partial charge is 0.262 e. The largest absolute Gasteiger partial charge is 0.349 e. The Balaban J connectivity index is 1.98. The van der Waals surface area contributed by atoms with Crippen LogP contribution in [0.1, 0.15) is 35.4 Å². The minimum absolute atomic E-state index is 0.0683. The molecule has 0 aromatic carbocycles. The average Bonchev–Trinajstić information content (AvgIpc) is 2.75. The zero-order chi connectivity index (χ0) is 9.97. The molecular formula is C10H12BrNOS. The zero-order valence-corrected chi connectivity index (χ0v) is 10.2. The lowest BCUT2D eigenvalue weighted by molar-refractivity contribution is 0.0941. The number of amides is 1. The monoisotopic (exact) mass is 273 g/mol. The molecule has 1 aliphatic rings. The zero-order valence-electron chi connectivity index (χ0n) is 7.75. The van der Waals surface area contributed by atoms with E-state index in [0.29, 0.717) is 6.04 Å². The van der Waals surface area contributed by atoms with Crippen molar-refractivity contribution >= 4 is 33.2 Å². The molecule has 14 heavy (non-hydrogen) atoms. The first-order valence-electron chi connectivity index (χ1n) is 4.81. The Morgan fingerprint density at radius 3 is 2.79 bits per heavy atom. The SMILES string of the molecule is O=C(NC1CCCC1)c1sccc1Br. The van der Waals surface area contributed by atoms with Crippen LogP contribution in [0.2, 0.25) is 0 Å². The van der Waals surface area contributed by atoms with Crippen molar-refractivity contribution < 1.29 is 4.79 Å². The van der Waals surface area contributed by atoms with Gasteiger partial charge in [-0.25, -0.2) is 0 Å². The summed E-state index contributed by atoms with van der Waals surface area (Å²) >= 11 is 4.85. The van der Waals surface area contributed by atoms with Crippen LogP contribution in [0.25, 0.3) is 0 Å². The van der Waals surface area contributed by atoms with Crippen molar-refractivity contribution in [3.05, 3.63) is 20.8 Å². The molecule has 0 bridgehead atoms. The molecule has 2 rings (SSSR count). The summed E-state index contributed by atoms with van der Waals surface area (Å²) in [5.74, 6) is 0.0683. The van der Waals surface area contributed by atoms with Crippen LogP contribution in [0.5, 0.6) is 0 Å². The molecule has 2 nitrogen and oxygen atoms in total. The van der Waals surface area contributed by atoms with Gasteiger partial charge in [0.15, 0.2) is 0 Å². The van der Waals surface area contributed by atoms with Crippen molar-refractivity contribution in [1.29, 1.82) is 0 Å². The number of nitrogens with one attached hydrogen (secondary N) is 1. The van der Waals surface area contributed by atoms with Crippen LogP contribution < -0.4 is 5.32 Å². The summed E-state index contributed by atoms with van der Waals surface area (Å²) < 4.78 is 0.901. The number of carbonyl (C=O) groups excluding carboxylic acids is 1. The summed E-state index contributed by atoms with van der Waals surface area (Å²) in [5.41, 5.74) is 0. The maximum Gasteiger partial charge on any atom is 0.262 e. The van der Waals surface area contributed by atoms with E-state index in [1.54, 1.807) is 0 Å². The summed E-state index contributed by atoms with van der Waals surface area (Å²) in [4.78, 5) is 12.5. The van der Waals surface area contributed by atoms with Crippen LogP contribution >= 0.6 is 27.3 Å². The maximum atomic E-state index is 11.8. The Morgan fingerprint density at radius 2 is 2.21 bits per heavy atom. The average molecular weight is 274 g/mol. The lowest BCUT2D eigenvalue weighted by Gasteiger charge is -2.10. The van der Waals surface area contributed by atoms with E-state index < -0.39 is 0 Å². The van der Waals surface area contributed by atoms with Crippen LogP contribution in [-0.4, -0.2) is 11.9 Å². The molecule has 0 spiro atoms. The van der Waals surface area contributed by atoms with Gasteiger partial charge in [0.2, 0.25) is 0 Å². The van der Waals surface area contributed by atoms with Crippen molar-refractivity contribution in [1.82, 2.24) is 5.32 Å². The lowest BCUT2D eigenvalue weighted by atomic mass is 10.2. The van der Waals surface area contributed by atoms with Gasteiger partial charge in [-0.15, -0.1) is 11.3 Å². The van der Waals surface area contributed by atoms with Gasteiger partial charge in [0, 0.05) is 10.5 Å². The van der Waals surface area contributed by atoms with Gasteiger partial charge in [-0.1, -0.05) is 12.8 Å². The standard InChI is InChI=1S/C10H12BrNOS/c11-8-5-6-14-9(8)10(13)12-7-3-1-2-4-7/h5-7H,1-4H2,(H,12,13). The molecular weight excluding hydrogens is 262 g/mol. The van der Waals surface area contributed by atoms with Crippen molar-refractivity contribution in [3.63, 3.8) is 0 Å². The highest BCUT2D eigenvalue weighted by atomic mass is 79.9. The second kappa shape index (κ2) is 4.45. The molecule has 0 aliphatic heterocycles. The minimum Gasteiger partial charge on any atom is -0.349 e. The lowest BCUT2D eigenvalue weighted by Crippen LogP contribution is -2.32. The fourth-order valence-corrected chi connectivity index (χ4v) is 3.23. The van der Waals surface area contributed by atoms with Crippen molar-refractivity contribution in [2.45, 2.75) is 31.7 Å². The molecule has 1 fully saturated rings. The Hall–Kier alpha value is -0.350. The number of hydrogen-bond acceptors (Lipinski definition) is 2. The van der Waals surface area contributed by atoms with E-state index in [0.717, 1.165) is 22.2 Å². The normalized spacial score (nSPS) is 17.2. The van der Waals surface area contributed by atoms with Crippen molar-refractivity contribution in [3.8, 4) is 0 Å². The third-order valence-corrected chi connectivity index (χ3v) is 4.35. The molecule has 1 N–H and O–H groups in total. The summed E-state index contributed by atoms with van der Waals surface area (Å²) in [6.07, 6.45) is 4.76. The fraction of sp³-hybridized carbons (Fsp3) is 0.500. The van der Waals surface area contributed by atoms with Gasteiger partial charge >= 0.3 is 0 Å². The molecule has 1 saturated carbocycles. The van der Waals surface area contributed by atoms with Gasteiger partial charge in [-0.3, -0.25) is 4.79 Å². The van der Waals surface area contributed by atoms with E-state index in [1.807, 2.05) is 11.4 Å². The van der Waals surface area contributed by atoms with Crippen LogP contribution in [0.15, 0.2) is 15.9 Å². The number of halogens is 1. The molecule has 4 heteroatoms. The predicted molar refractivity (Wildman–Crippen MR) is 61.7 cm³/mol. The number of carbonyl (C=O) groups is 1. The van der Waals surface area contributed by atoms with E-state index in [-0.39, 0.29) is 5.91 Å². The quantitative estimate of drug-likeness (QED) is 0.881. The summed E-state index contributed by atoms with van der Waals surface area (Å²) in [6, 6.07) is 2.31. The van der Waals surface area contributed by atoms with E-state index in [4.69, 9.17) is 0 Å². The predicted octanol–water partition coefficient (Wildman–Crippen LogP) is 3.18. The molecule has 1 heterocycles. The van der Waals surface area contributed by atoms with E-state index in [9.17, 15) is 4.79 Å². The molecule has 1 aromatic heterocycles. The maximum absolute atomic E-state index is 11.8. The van der Waals surface area contributed by atoms with Gasteiger partial charge in [-0.05, 0) is 40.2 Å². The molecule has 1 aromatic rings. The fourth-order valence-electron chi connectivity index (χ4n) is 1.78. The van der Waals surface area contributed by atoms with E-state index >= 15 is 0 Å². The molecule has 0 unspecified atom stereocenters. The van der Waals surface area contributed by atoms with Gasteiger partial charge in [0.25, 0.3) is 5.91 Å². The molecule has 1 aliphatic carbocycles. The van der Waals surface area contributed by atoms with Crippen LogP contribution in [-0.2, 0) is 0 Å². The van der Waals surface area contributed by atoms with E-state index in [1.165, 1.54) is 24.2 Å². The van der Waals surface area contributed by atoms with Gasteiger partial charge < -0.3 is 5.32 Å². The first kappa shape index (κ1) is 10.2. The molecule has 1 amide bonds. The van der Waals surface area contributed by atoms with E-state index in [2.05, 4.69) is 21.2 Å². The molecule has 0 atom stereocenters. The highest BCUT2D eigenvalue weighted by Gasteiger charge is 2.19. The Bertz CT molecular complexity index is 331.